The first-order chi connectivity index (χ1) is 12.9. The summed E-state index contributed by atoms with van der Waals surface area (Å²) in [5.41, 5.74) is 0.846. The summed E-state index contributed by atoms with van der Waals surface area (Å²) in [4.78, 5) is 41.5. The molecule has 0 radical (unpaired) electrons. The molecule has 0 bridgehead atoms. The first kappa shape index (κ1) is 20.6. The summed E-state index contributed by atoms with van der Waals surface area (Å²) in [5.74, 6) is -0.684. The average molecular weight is 378 g/mol. The maximum Gasteiger partial charge on any atom is 0.408 e. The molecule has 1 fully saturated rings. The van der Waals surface area contributed by atoms with Crippen molar-refractivity contribution in [1.29, 1.82) is 0 Å². The molecule has 1 aliphatic rings. The van der Waals surface area contributed by atoms with Crippen LogP contribution in [0, 0.1) is 5.92 Å². The van der Waals surface area contributed by atoms with Crippen molar-refractivity contribution in [3.05, 3.63) is 30.1 Å². The molecule has 1 aromatic rings. The second-order valence-electron chi connectivity index (χ2n) is 6.84. The minimum Gasteiger partial charge on any atom is -0.465 e. The van der Waals surface area contributed by atoms with Gasteiger partial charge in [-0.2, -0.15) is 0 Å². The highest BCUT2D eigenvalue weighted by Gasteiger charge is 2.35. The van der Waals surface area contributed by atoms with Gasteiger partial charge < -0.3 is 20.5 Å². The Morgan fingerprint density at radius 2 is 2.19 bits per heavy atom. The number of ether oxygens (including phenoxy) is 1. The summed E-state index contributed by atoms with van der Waals surface area (Å²) in [5, 5.41) is 14.7. The number of carbonyl (C=O) groups is 3. The molecule has 0 spiro atoms. The molecule has 0 aromatic carbocycles. The van der Waals surface area contributed by atoms with Crippen LogP contribution >= 0.6 is 0 Å². The summed E-state index contributed by atoms with van der Waals surface area (Å²) >= 11 is 0. The van der Waals surface area contributed by atoms with E-state index in [1.54, 1.807) is 18.5 Å². The molecule has 27 heavy (non-hydrogen) atoms. The lowest BCUT2D eigenvalue weighted by Gasteiger charge is -2.33. The van der Waals surface area contributed by atoms with Crippen LogP contribution in [0.3, 0.4) is 0 Å². The van der Waals surface area contributed by atoms with E-state index >= 15 is 0 Å². The molecule has 3 N–H and O–H groups in total. The molecule has 2 atom stereocenters. The van der Waals surface area contributed by atoms with Crippen LogP contribution in [0.25, 0.3) is 0 Å². The van der Waals surface area contributed by atoms with Gasteiger partial charge in [0.25, 0.3) is 0 Å². The van der Waals surface area contributed by atoms with Gasteiger partial charge in [0.2, 0.25) is 11.8 Å². The highest BCUT2D eigenvalue weighted by Crippen LogP contribution is 2.10. The zero-order valence-corrected chi connectivity index (χ0v) is 15.6. The zero-order valence-electron chi connectivity index (χ0n) is 15.6. The SMILES string of the molecule is CC(C)C[C@H](NC(=O)[C@@H]1COCCN1C(=O)O)C(=O)NCc1cccnc1. The number of rotatable bonds is 7. The first-order valence-corrected chi connectivity index (χ1v) is 8.92. The fourth-order valence-corrected chi connectivity index (χ4v) is 2.84. The second kappa shape index (κ2) is 9.86. The molecular weight excluding hydrogens is 352 g/mol. The van der Waals surface area contributed by atoms with Crippen molar-refractivity contribution in [1.82, 2.24) is 20.5 Å². The van der Waals surface area contributed by atoms with Crippen LogP contribution < -0.4 is 10.6 Å². The normalized spacial score (nSPS) is 18.0. The zero-order chi connectivity index (χ0) is 19.8. The molecule has 9 heteroatoms. The molecule has 0 aliphatic carbocycles. The minimum absolute atomic E-state index is 0.0240. The Kier molecular flexibility index (Phi) is 7.54. The van der Waals surface area contributed by atoms with Gasteiger partial charge in [0.15, 0.2) is 0 Å². The number of hydrogen-bond donors (Lipinski definition) is 3. The van der Waals surface area contributed by atoms with Crippen molar-refractivity contribution in [2.45, 2.75) is 38.9 Å². The molecule has 2 heterocycles. The van der Waals surface area contributed by atoms with E-state index in [1.165, 1.54) is 0 Å². The molecule has 1 aromatic heterocycles. The fourth-order valence-electron chi connectivity index (χ4n) is 2.84. The monoisotopic (exact) mass is 378 g/mol. The lowest BCUT2D eigenvalue weighted by Crippen LogP contribution is -2.58. The summed E-state index contributed by atoms with van der Waals surface area (Å²) < 4.78 is 5.24. The van der Waals surface area contributed by atoms with Gasteiger partial charge in [0.05, 0.1) is 13.2 Å². The topological polar surface area (TPSA) is 121 Å². The third-order valence-electron chi connectivity index (χ3n) is 4.21. The fraction of sp³-hybridized carbons (Fsp3) is 0.556. The smallest absolute Gasteiger partial charge is 0.408 e. The number of carboxylic acid groups (broad SMARTS) is 1. The van der Waals surface area contributed by atoms with Crippen LogP contribution in [0.15, 0.2) is 24.5 Å². The summed E-state index contributed by atoms with van der Waals surface area (Å²) in [6.45, 7) is 4.53. The Hall–Kier alpha value is -2.68. The van der Waals surface area contributed by atoms with Gasteiger partial charge in [-0.3, -0.25) is 19.5 Å². The van der Waals surface area contributed by atoms with Crippen LogP contribution in [0.4, 0.5) is 4.79 Å². The first-order valence-electron chi connectivity index (χ1n) is 8.92. The summed E-state index contributed by atoms with van der Waals surface area (Å²) in [7, 11) is 0. The third kappa shape index (κ3) is 6.21. The van der Waals surface area contributed by atoms with Crippen molar-refractivity contribution in [2.24, 2.45) is 5.92 Å². The second-order valence-corrected chi connectivity index (χ2v) is 6.84. The third-order valence-corrected chi connectivity index (χ3v) is 4.21. The van der Waals surface area contributed by atoms with E-state index in [0.717, 1.165) is 10.5 Å². The molecule has 148 valence electrons. The number of pyridine rings is 1. The molecule has 1 saturated heterocycles. The van der Waals surface area contributed by atoms with Gasteiger partial charge in [-0.15, -0.1) is 0 Å². The highest BCUT2D eigenvalue weighted by molar-refractivity contribution is 5.91. The van der Waals surface area contributed by atoms with Gasteiger partial charge >= 0.3 is 6.09 Å². The number of morpholine rings is 1. The van der Waals surface area contributed by atoms with E-state index in [9.17, 15) is 19.5 Å². The van der Waals surface area contributed by atoms with E-state index in [0.29, 0.717) is 13.0 Å². The molecule has 0 saturated carbocycles. The van der Waals surface area contributed by atoms with E-state index in [1.807, 2.05) is 19.9 Å². The summed E-state index contributed by atoms with van der Waals surface area (Å²) in [6, 6.07) is 1.90. The summed E-state index contributed by atoms with van der Waals surface area (Å²) in [6.07, 6.45) is 2.55. The number of nitrogens with one attached hydrogen (secondary N) is 2. The van der Waals surface area contributed by atoms with E-state index in [2.05, 4.69) is 15.6 Å². The van der Waals surface area contributed by atoms with E-state index in [-0.39, 0.29) is 31.6 Å². The van der Waals surface area contributed by atoms with Gasteiger partial charge in [0.1, 0.15) is 12.1 Å². The standard InChI is InChI=1S/C18H26N4O5/c1-12(2)8-14(16(23)20-10-13-4-3-5-19-9-13)21-17(24)15-11-27-7-6-22(15)18(25)26/h3-5,9,12,14-15H,6-8,10-11H2,1-2H3,(H,20,23)(H,21,24)(H,25,26)/t14-,15-/m0/s1. The lowest BCUT2D eigenvalue weighted by molar-refractivity contribution is -0.135. The number of aromatic nitrogens is 1. The number of nitrogens with zero attached hydrogens (tertiary/aromatic N) is 2. The predicted molar refractivity (Wildman–Crippen MR) is 96.8 cm³/mol. The quantitative estimate of drug-likeness (QED) is 0.639. The Labute approximate surface area is 158 Å². The van der Waals surface area contributed by atoms with Crippen LogP contribution in [0.1, 0.15) is 25.8 Å². The Morgan fingerprint density at radius 1 is 1.41 bits per heavy atom. The van der Waals surface area contributed by atoms with E-state index in [4.69, 9.17) is 4.74 Å². The molecule has 2 rings (SSSR count). The van der Waals surface area contributed by atoms with Gasteiger partial charge in [-0.25, -0.2) is 4.79 Å². The van der Waals surface area contributed by atoms with E-state index < -0.39 is 24.1 Å². The molecule has 9 nitrogen and oxygen atoms in total. The Balaban J connectivity index is 2.00. The molecule has 3 amide bonds. The van der Waals surface area contributed by atoms with Gasteiger partial charge in [-0.1, -0.05) is 19.9 Å². The molecule has 0 unspecified atom stereocenters. The highest BCUT2D eigenvalue weighted by atomic mass is 16.5. The molecule has 1 aliphatic heterocycles. The average Bonchev–Trinajstić information content (AvgIpc) is 2.66. The van der Waals surface area contributed by atoms with Crippen LogP contribution in [0.2, 0.25) is 0 Å². The maximum absolute atomic E-state index is 12.6. The van der Waals surface area contributed by atoms with Crippen LogP contribution in [-0.2, 0) is 20.9 Å². The van der Waals surface area contributed by atoms with Gasteiger partial charge in [0, 0.05) is 25.5 Å². The lowest BCUT2D eigenvalue weighted by atomic mass is 10.0. The minimum atomic E-state index is -1.18. The van der Waals surface area contributed by atoms with Gasteiger partial charge in [-0.05, 0) is 24.0 Å². The Bertz CT molecular complexity index is 652. The van der Waals surface area contributed by atoms with Crippen molar-refractivity contribution >= 4 is 17.9 Å². The van der Waals surface area contributed by atoms with Crippen molar-refractivity contribution in [3.8, 4) is 0 Å². The number of hydrogen-bond acceptors (Lipinski definition) is 5. The van der Waals surface area contributed by atoms with Crippen molar-refractivity contribution in [2.75, 3.05) is 19.8 Å². The maximum atomic E-state index is 12.6. The predicted octanol–water partition coefficient (Wildman–Crippen LogP) is 0.608. The largest absolute Gasteiger partial charge is 0.465 e. The Morgan fingerprint density at radius 3 is 2.81 bits per heavy atom. The molecular formula is C18H26N4O5. The van der Waals surface area contributed by atoms with Crippen molar-refractivity contribution in [3.63, 3.8) is 0 Å². The van der Waals surface area contributed by atoms with Crippen LogP contribution in [-0.4, -0.2) is 64.7 Å². The number of carbonyl (C=O) groups excluding carboxylic acids is 2. The van der Waals surface area contributed by atoms with Crippen molar-refractivity contribution < 1.29 is 24.2 Å². The number of amides is 3. The van der Waals surface area contributed by atoms with Crippen LogP contribution in [0.5, 0.6) is 0 Å².